The molecule has 0 radical (unpaired) electrons. The van der Waals surface area contributed by atoms with Gasteiger partial charge in [-0.05, 0) is 23.8 Å². The second-order valence-electron chi connectivity index (χ2n) is 5.21. The van der Waals surface area contributed by atoms with E-state index in [0.29, 0.717) is 22.6 Å². The number of amides is 1. The molecule has 0 bridgehead atoms. The smallest absolute Gasteiger partial charge is 0.264 e. The number of hydrogen-bond acceptors (Lipinski definition) is 4. The number of para-hydroxylation sites is 2. The zero-order valence-corrected chi connectivity index (χ0v) is 12.4. The molecule has 1 unspecified atom stereocenters. The van der Waals surface area contributed by atoms with Crippen molar-refractivity contribution in [1.82, 2.24) is 5.32 Å². The highest BCUT2D eigenvalue weighted by atomic mass is 19.1. The van der Waals surface area contributed by atoms with Crippen LogP contribution in [0.4, 0.5) is 4.39 Å². The summed E-state index contributed by atoms with van der Waals surface area (Å²) in [6, 6.07) is 11.9. The number of fused-ring (bicyclic) bond motifs is 1. The number of hydrogen-bond donors (Lipinski definition) is 2. The fourth-order valence-corrected chi connectivity index (χ4v) is 2.31. The summed E-state index contributed by atoms with van der Waals surface area (Å²) in [5.41, 5.74) is 6.56. The summed E-state index contributed by atoms with van der Waals surface area (Å²) in [7, 11) is 0. The monoisotopic (exact) mass is 316 g/mol. The van der Waals surface area contributed by atoms with Crippen molar-refractivity contribution in [2.75, 3.05) is 6.61 Å². The van der Waals surface area contributed by atoms with Gasteiger partial charge < -0.3 is 20.5 Å². The quantitative estimate of drug-likeness (QED) is 0.901. The minimum absolute atomic E-state index is 0.0804. The number of nitrogens with two attached hydrogens (primary N) is 1. The van der Waals surface area contributed by atoms with Crippen molar-refractivity contribution in [3.8, 4) is 11.5 Å². The van der Waals surface area contributed by atoms with E-state index >= 15 is 0 Å². The fourth-order valence-electron chi connectivity index (χ4n) is 2.31. The molecular formula is C17H17FN2O3. The van der Waals surface area contributed by atoms with E-state index in [2.05, 4.69) is 5.32 Å². The Balaban J connectivity index is 1.60. The summed E-state index contributed by atoms with van der Waals surface area (Å²) < 4.78 is 25.0. The first-order chi connectivity index (χ1) is 11.2. The van der Waals surface area contributed by atoms with Gasteiger partial charge in [0, 0.05) is 18.7 Å². The third-order valence-corrected chi connectivity index (χ3v) is 3.61. The molecule has 0 aromatic heterocycles. The number of carbonyl (C=O) groups is 1. The molecule has 1 atom stereocenters. The maximum absolute atomic E-state index is 13.9. The lowest BCUT2D eigenvalue weighted by Crippen LogP contribution is -2.43. The predicted molar refractivity (Wildman–Crippen MR) is 82.5 cm³/mol. The Morgan fingerprint density at radius 1 is 1.26 bits per heavy atom. The number of carbonyl (C=O) groups excluding carboxylic acids is 1. The van der Waals surface area contributed by atoms with Crippen molar-refractivity contribution >= 4 is 5.91 Å². The number of nitrogens with one attached hydrogen (secondary N) is 1. The Hall–Kier alpha value is -2.60. The van der Waals surface area contributed by atoms with E-state index in [1.54, 1.807) is 30.3 Å². The molecule has 3 N–H and O–H groups in total. The van der Waals surface area contributed by atoms with Gasteiger partial charge >= 0.3 is 0 Å². The van der Waals surface area contributed by atoms with Crippen LogP contribution in [0, 0.1) is 5.82 Å². The number of benzene rings is 2. The molecule has 1 amide bonds. The lowest BCUT2D eigenvalue weighted by atomic mass is 10.1. The van der Waals surface area contributed by atoms with Crippen molar-refractivity contribution in [3.05, 3.63) is 59.4 Å². The van der Waals surface area contributed by atoms with Gasteiger partial charge in [-0.1, -0.05) is 24.3 Å². The van der Waals surface area contributed by atoms with Crippen LogP contribution in [0.1, 0.15) is 11.1 Å². The van der Waals surface area contributed by atoms with Gasteiger partial charge in [0.05, 0.1) is 0 Å². The predicted octanol–water partition coefficient (Wildman–Crippen LogP) is 1.74. The minimum Gasteiger partial charge on any atom is -0.485 e. The molecule has 0 saturated heterocycles. The Labute approximate surface area is 133 Å². The van der Waals surface area contributed by atoms with E-state index in [9.17, 15) is 9.18 Å². The third-order valence-electron chi connectivity index (χ3n) is 3.61. The summed E-state index contributed by atoms with van der Waals surface area (Å²) >= 11 is 0. The lowest BCUT2D eigenvalue weighted by Gasteiger charge is -2.25. The molecule has 2 aromatic carbocycles. The van der Waals surface area contributed by atoms with Gasteiger partial charge in [0.1, 0.15) is 12.4 Å². The maximum atomic E-state index is 13.9. The van der Waals surface area contributed by atoms with Crippen LogP contribution in [0.15, 0.2) is 42.5 Å². The Bertz CT molecular complexity index is 721. The summed E-state index contributed by atoms with van der Waals surface area (Å²) in [5, 5.41) is 2.66. The molecule has 1 heterocycles. The average molecular weight is 316 g/mol. The van der Waals surface area contributed by atoms with Crippen LogP contribution in [-0.2, 0) is 17.9 Å². The van der Waals surface area contributed by atoms with Crippen molar-refractivity contribution in [1.29, 1.82) is 0 Å². The van der Waals surface area contributed by atoms with E-state index in [1.165, 1.54) is 6.07 Å². The first-order valence-corrected chi connectivity index (χ1v) is 7.31. The van der Waals surface area contributed by atoms with Crippen LogP contribution in [0.2, 0.25) is 0 Å². The SMILES string of the molecule is NCc1ccc(CNC(=O)C2COc3ccccc3O2)c(F)c1. The van der Waals surface area contributed by atoms with Crippen molar-refractivity contribution in [2.45, 2.75) is 19.2 Å². The molecule has 2 aromatic rings. The molecule has 0 fully saturated rings. The van der Waals surface area contributed by atoms with E-state index in [1.807, 2.05) is 6.07 Å². The van der Waals surface area contributed by atoms with E-state index in [-0.39, 0.29) is 31.4 Å². The Kier molecular flexibility index (Phi) is 4.43. The standard InChI is InChI=1S/C17H17FN2O3/c18-13-7-11(8-19)5-6-12(13)9-20-17(21)16-10-22-14-3-1-2-4-15(14)23-16/h1-7,16H,8-10,19H2,(H,20,21). The molecular weight excluding hydrogens is 299 g/mol. The molecule has 1 aliphatic heterocycles. The molecule has 1 aliphatic rings. The van der Waals surface area contributed by atoms with Gasteiger partial charge in [0.25, 0.3) is 5.91 Å². The molecule has 120 valence electrons. The first-order valence-electron chi connectivity index (χ1n) is 7.31. The highest BCUT2D eigenvalue weighted by Gasteiger charge is 2.27. The van der Waals surface area contributed by atoms with Crippen molar-refractivity contribution in [3.63, 3.8) is 0 Å². The van der Waals surface area contributed by atoms with Crippen LogP contribution < -0.4 is 20.5 Å². The van der Waals surface area contributed by atoms with Crippen LogP contribution in [-0.4, -0.2) is 18.6 Å². The molecule has 0 spiro atoms. The second kappa shape index (κ2) is 6.66. The summed E-state index contributed by atoms with van der Waals surface area (Å²) in [5.74, 6) is 0.401. The van der Waals surface area contributed by atoms with Gasteiger partial charge in [-0.25, -0.2) is 4.39 Å². The van der Waals surface area contributed by atoms with Gasteiger partial charge in [0.15, 0.2) is 11.5 Å². The second-order valence-corrected chi connectivity index (χ2v) is 5.21. The Morgan fingerprint density at radius 3 is 2.78 bits per heavy atom. The molecule has 0 aliphatic carbocycles. The van der Waals surface area contributed by atoms with Crippen LogP contribution in [0.25, 0.3) is 0 Å². The first kappa shape index (κ1) is 15.3. The van der Waals surface area contributed by atoms with Gasteiger partial charge in [0.2, 0.25) is 6.10 Å². The van der Waals surface area contributed by atoms with Crippen LogP contribution >= 0.6 is 0 Å². The molecule has 3 rings (SSSR count). The topological polar surface area (TPSA) is 73.6 Å². The number of ether oxygens (including phenoxy) is 2. The molecule has 5 nitrogen and oxygen atoms in total. The average Bonchev–Trinajstić information content (AvgIpc) is 2.59. The summed E-state index contributed by atoms with van der Waals surface area (Å²) in [6.07, 6.45) is -0.753. The van der Waals surface area contributed by atoms with Gasteiger partial charge in [-0.3, -0.25) is 4.79 Å². The minimum atomic E-state index is -0.753. The van der Waals surface area contributed by atoms with Crippen molar-refractivity contribution in [2.24, 2.45) is 5.73 Å². The molecule has 6 heteroatoms. The van der Waals surface area contributed by atoms with Gasteiger partial charge in [-0.15, -0.1) is 0 Å². The van der Waals surface area contributed by atoms with Crippen LogP contribution in [0.5, 0.6) is 11.5 Å². The lowest BCUT2D eigenvalue weighted by molar-refractivity contribution is -0.130. The molecule has 23 heavy (non-hydrogen) atoms. The normalized spacial score (nSPS) is 16.0. The highest BCUT2D eigenvalue weighted by Crippen LogP contribution is 2.30. The summed E-state index contributed by atoms with van der Waals surface area (Å²) in [4.78, 5) is 12.2. The largest absolute Gasteiger partial charge is 0.485 e. The number of rotatable bonds is 4. The zero-order valence-electron chi connectivity index (χ0n) is 12.4. The summed E-state index contributed by atoms with van der Waals surface area (Å²) in [6.45, 7) is 0.477. The van der Waals surface area contributed by atoms with Crippen LogP contribution in [0.3, 0.4) is 0 Å². The molecule has 0 saturated carbocycles. The Morgan fingerprint density at radius 2 is 2.04 bits per heavy atom. The van der Waals surface area contributed by atoms with E-state index < -0.39 is 6.10 Å². The highest BCUT2D eigenvalue weighted by molar-refractivity contribution is 5.81. The zero-order chi connectivity index (χ0) is 16.2. The van der Waals surface area contributed by atoms with Crippen molar-refractivity contribution < 1.29 is 18.7 Å². The maximum Gasteiger partial charge on any atom is 0.264 e. The fraction of sp³-hybridized carbons (Fsp3) is 0.235. The van der Waals surface area contributed by atoms with Gasteiger partial charge in [-0.2, -0.15) is 0 Å². The number of halogens is 1. The third kappa shape index (κ3) is 3.43. The van der Waals surface area contributed by atoms with E-state index in [0.717, 1.165) is 0 Å². The van der Waals surface area contributed by atoms with E-state index in [4.69, 9.17) is 15.2 Å².